The lowest BCUT2D eigenvalue weighted by Crippen LogP contribution is -2.16. The number of hydrogen-bond acceptors (Lipinski definition) is 5. The molecule has 1 aliphatic heterocycles. The third-order valence-corrected chi connectivity index (χ3v) is 4.95. The van der Waals surface area contributed by atoms with E-state index in [1.165, 1.54) is 11.3 Å². The molecule has 0 spiro atoms. The summed E-state index contributed by atoms with van der Waals surface area (Å²) in [5.41, 5.74) is 2.63. The smallest absolute Gasteiger partial charge is 0.298 e. The minimum atomic E-state index is -0.365. The molecule has 24 heavy (non-hydrogen) atoms. The van der Waals surface area contributed by atoms with Crippen molar-refractivity contribution in [1.82, 2.24) is 9.78 Å². The highest BCUT2D eigenvalue weighted by Gasteiger charge is 2.37. The van der Waals surface area contributed by atoms with Crippen molar-refractivity contribution >= 4 is 11.3 Å². The fourth-order valence-electron chi connectivity index (χ4n) is 2.96. The summed E-state index contributed by atoms with van der Waals surface area (Å²) in [6, 6.07) is 15.5. The summed E-state index contributed by atoms with van der Waals surface area (Å²) >= 11 is 1.54. The summed E-state index contributed by atoms with van der Waals surface area (Å²) < 4.78 is 7.25. The van der Waals surface area contributed by atoms with Crippen LogP contribution in [0.5, 0.6) is 5.88 Å². The predicted molar refractivity (Wildman–Crippen MR) is 90.4 cm³/mol. The first-order valence-corrected chi connectivity index (χ1v) is 8.28. The van der Waals surface area contributed by atoms with Crippen molar-refractivity contribution in [1.29, 1.82) is 5.26 Å². The van der Waals surface area contributed by atoms with Gasteiger partial charge in [-0.1, -0.05) is 24.3 Å². The van der Waals surface area contributed by atoms with Crippen molar-refractivity contribution < 1.29 is 9.84 Å². The van der Waals surface area contributed by atoms with E-state index in [2.05, 4.69) is 11.2 Å². The number of ether oxygens (including phenoxy) is 1. The molecule has 2 aromatic heterocycles. The average Bonchev–Trinajstić information content (AvgIpc) is 3.23. The number of nitriles is 1. The quantitative estimate of drug-likeness (QED) is 0.766. The van der Waals surface area contributed by atoms with Crippen LogP contribution in [0.3, 0.4) is 0 Å². The Morgan fingerprint density at radius 1 is 1.25 bits per heavy atom. The molecule has 3 heterocycles. The van der Waals surface area contributed by atoms with Gasteiger partial charge in [-0.05, 0) is 30.5 Å². The largest absolute Gasteiger partial charge is 0.480 e. The average molecular weight is 335 g/mol. The standard InChI is InChI=1S/C18H13N3O2S/c1-11-15-16(14-8-5-9-24-14)13(10-19)18(22)23-17(15)21(20-11)12-6-3-2-4-7-12/h2-9,16,22H,1H3/t16-/m0/s1. The molecule has 0 amide bonds. The summed E-state index contributed by atoms with van der Waals surface area (Å²) in [5.74, 6) is -0.273. The van der Waals surface area contributed by atoms with Crippen LogP contribution in [-0.2, 0) is 0 Å². The molecule has 0 fully saturated rings. The highest BCUT2D eigenvalue weighted by molar-refractivity contribution is 7.10. The fourth-order valence-corrected chi connectivity index (χ4v) is 3.80. The molecule has 0 radical (unpaired) electrons. The molecule has 1 N–H and O–H groups in total. The van der Waals surface area contributed by atoms with Gasteiger partial charge in [0.15, 0.2) is 0 Å². The molecular weight excluding hydrogens is 322 g/mol. The first-order chi connectivity index (χ1) is 11.7. The van der Waals surface area contributed by atoms with E-state index in [9.17, 15) is 10.4 Å². The van der Waals surface area contributed by atoms with E-state index < -0.39 is 0 Å². The van der Waals surface area contributed by atoms with E-state index in [1.807, 2.05) is 54.8 Å². The Morgan fingerprint density at radius 2 is 2.04 bits per heavy atom. The van der Waals surface area contributed by atoms with Crippen LogP contribution in [0.2, 0.25) is 0 Å². The molecule has 5 nitrogen and oxygen atoms in total. The van der Waals surface area contributed by atoms with Gasteiger partial charge in [-0.3, -0.25) is 0 Å². The van der Waals surface area contributed by atoms with Gasteiger partial charge in [0.2, 0.25) is 5.88 Å². The van der Waals surface area contributed by atoms with Crippen molar-refractivity contribution in [3.63, 3.8) is 0 Å². The second-order valence-electron chi connectivity index (χ2n) is 5.43. The van der Waals surface area contributed by atoms with Gasteiger partial charge < -0.3 is 9.84 Å². The molecule has 0 aliphatic carbocycles. The number of nitrogens with zero attached hydrogens (tertiary/aromatic N) is 3. The molecule has 1 atom stereocenters. The van der Waals surface area contributed by atoms with Crippen LogP contribution in [0.15, 0.2) is 59.4 Å². The molecule has 0 saturated carbocycles. The Labute approximate surface area is 142 Å². The first kappa shape index (κ1) is 14.5. The van der Waals surface area contributed by atoms with Gasteiger partial charge in [-0.25, -0.2) is 4.68 Å². The number of aliphatic hydroxyl groups is 1. The zero-order valence-corrected chi connectivity index (χ0v) is 13.6. The number of allylic oxidation sites excluding steroid dienone is 1. The molecule has 0 bridgehead atoms. The van der Waals surface area contributed by atoms with Crippen molar-refractivity contribution in [2.24, 2.45) is 0 Å². The van der Waals surface area contributed by atoms with Crippen molar-refractivity contribution in [3.05, 3.63) is 75.5 Å². The zero-order valence-electron chi connectivity index (χ0n) is 12.8. The summed E-state index contributed by atoms with van der Waals surface area (Å²) in [6.07, 6.45) is 0. The van der Waals surface area contributed by atoms with E-state index in [1.54, 1.807) is 4.68 Å². The maximum Gasteiger partial charge on any atom is 0.298 e. The molecule has 3 aromatic rings. The Balaban J connectivity index is 1.97. The normalized spacial score (nSPS) is 16.4. The third-order valence-electron chi connectivity index (χ3n) is 4.01. The Morgan fingerprint density at radius 3 is 2.71 bits per heavy atom. The number of thiophene rings is 1. The van der Waals surface area contributed by atoms with Gasteiger partial charge in [-0.15, -0.1) is 11.3 Å². The van der Waals surface area contributed by atoms with Gasteiger partial charge in [0, 0.05) is 4.88 Å². The van der Waals surface area contributed by atoms with E-state index in [-0.39, 0.29) is 17.4 Å². The highest BCUT2D eigenvalue weighted by atomic mass is 32.1. The van der Waals surface area contributed by atoms with E-state index >= 15 is 0 Å². The zero-order chi connectivity index (χ0) is 16.7. The van der Waals surface area contributed by atoms with Gasteiger partial charge in [0.25, 0.3) is 5.95 Å². The second kappa shape index (κ2) is 5.55. The number of aryl methyl sites for hydroxylation is 1. The van der Waals surface area contributed by atoms with Gasteiger partial charge in [0.1, 0.15) is 11.6 Å². The van der Waals surface area contributed by atoms with Gasteiger partial charge >= 0.3 is 0 Å². The highest BCUT2D eigenvalue weighted by Crippen LogP contribution is 2.46. The lowest BCUT2D eigenvalue weighted by atomic mass is 9.89. The minimum Gasteiger partial charge on any atom is -0.480 e. The van der Waals surface area contributed by atoms with Crippen LogP contribution in [0.25, 0.3) is 5.69 Å². The minimum absolute atomic E-state index is 0.209. The van der Waals surface area contributed by atoms with Crippen molar-refractivity contribution in [3.8, 4) is 17.6 Å². The summed E-state index contributed by atoms with van der Waals surface area (Å²) in [6.45, 7) is 1.89. The number of rotatable bonds is 2. The van der Waals surface area contributed by atoms with Crippen LogP contribution in [-0.4, -0.2) is 14.9 Å². The topological polar surface area (TPSA) is 71.1 Å². The van der Waals surface area contributed by atoms with Crippen LogP contribution in [0.1, 0.15) is 22.1 Å². The number of fused-ring (bicyclic) bond motifs is 1. The Hall–Kier alpha value is -3.04. The number of para-hydroxylation sites is 1. The van der Waals surface area contributed by atoms with Crippen LogP contribution < -0.4 is 4.74 Å². The molecule has 6 heteroatoms. The van der Waals surface area contributed by atoms with Gasteiger partial charge in [-0.2, -0.15) is 10.4 Å². The number of aliphatic hydroxyl groups excluding tert-OH is 1. The molecular formula is C18H13N3O2S. The summed E-state index contributed by atoms with van der Waals surface area (Å²) in [5, 5.41) is 26.3. The molecule has 1 aromatic carbocycles. The van der Waals surface area contributed by atoms with E-state index in [0.717, 1.165) is 21.8 Å². The molecule has 0 unspecified atom stereocenters. The number of aromatic nitrogens is 2. The third kappa shape index (κ3) is 2.10. The number of benzene rings is 1. The fraction of sp³-hybridized carbons (Fsp3) is 0.111. The maximum atomic E-state index is 10.3. The van der Waals surface area contributed by atoms with Crippen molar-refractivity contribution in [2.45, 2.75) is 12.8 Å². The molecule has 118 valence electrons. The van der Waals surface area contributed by atoms with E-state index in [0.29, 0.717) is 5.88 Å². The molecule has 1 aliphatic rings. The summed E-state index contributed by atoms with van der Waals surface area (Å²) in [4.78, 5) is 0.971. The van der Waals surface area contributed by atoms with Crippen LogP contribution in [0, 0.1) is 18.3 Å². The molecule has 0 saturated heterocycles. The lowest BCUT2D eigenvalue weighted by molar-refractivity contribution is 0.185. The SMILES string of the molecule is Cc1nn(-c2ccccc2)c2c1[C@H](c1cccs1)C(C#N)=C(O)O2. The van der Waals surface area contributed by atoms with Crippen molar-refractivity contribution in [2.75, 3.05) is 0 Å². The predicted octanol–water partition coefficient (Wildman–Crippen LogP) is 4.06. The molecule has 4 rings (SSSR count). The summed E-state index contributed by atoms with van der Waals surface area (Å²) in [7, 11) is 0. The van der Waals surface area contributed by atoms with Gasteiger partial charge in [0.05, 0.1) is 22.9 Å². The number of hydrogen-bond donors (Lipinski definition) is 1. The van der Waals surface area contributed by atoms with Crippen LogP contribution in [0.4, 0.5) is 0 Å². The van der Waals surface area contributed by atoms with E-state index in [4.69, 9.17) is 4.74 Å². The van der Waals surface area contributed by atoms with Crippen LogP contribution >= 0.6 is 11.3 Å². The second-order valence-corrected chi connectivity index (χ2v) is 6.41. The lowest BCUT2D eigenvalue weighted by Gasteiger charge is -2.22. The Kier molecular flexibility index (Phi) is 3.36. The maximum absolute atomic E-state index is 10.3. The first-order valence-electron chi connectivity index (χ1n) is 7.40. The Bertz CT molecular complexity index is 966. The monoisotopic (exact) mass is 335 g/mol.